The van der Waals surface area contributed by atoms with E-state index in [1.54, 1.807) is 0 Å². The van der Waals surface area contributed by atoms with Crippen molar-refractivity contribution in [1.82, 2.24) is 0 Å². The van der Waals surface area contributed by atoms with Gasteiger partial charge in [0, 0.05) is 0 Å². The number of hydrogen-bond acceptors (Lipinski definition) is 3. The summed E-state index contributed by atoms with van der Waals surface area (Å²) < 4.78 is 10.9. The highest BCUT2D eigenvalue weighted by atomic mass is 16.7. The van der Waals surface area contributed by atoms with Gasteiger partial charge in [-0.2, -0.15) is 0 Å². The van der Waals surface area contributed by atoms with Crippen molar-refractivity contribution in [2.45, 2.75) is 43.8 Å². The van der Waals surface area contributed by atoms with Gasteiger partial charge in [-0.15, -0.1) is 0 Å². The Hall–Kier alpha value is -1.35. The van der Waals surface area contributed by atoms with Gasteiger partial charge in [0.25, 0.3) is 0 Å². The molecule has 96 valence electrons. The highest BCUT2D eigenvalue weighted by molar-refractivity contribution is 5.86. The maximum atomic E-state index is 12.2. The molecule has 0 aromatic heterocycles. The first-order chi connectivity index (χ1) is 8.64. The first-order valence-electron chi connectivity index (χ1n) is 6.50. The molecule has 1 atom stereocenters. The van der Waals surface area contributed by atoms with Crippen LogP contribution in [0.25, 0.3) is 0 Å². The zero-order chi connectivity index (χ0) is 12.8. The molecule has 3 nitrogen and oxygen atoms in total. The van der Waals surface area contributed by atoms with Crippen LogP contribution in [-0.4, -0.2) is 18.7 Å². The van der Waals surface area contributed by atoms with E-state index in [4.69, 9.17) is 9.47 Å². The Kier molecular flexibility index (Phi) is 2.49. The first kappa shape index (κ1) is 11.7. The monoisotopic (exact) mass is 246 g/mol. The standard InChI is InChI=1S/C15H18O3/c1-11-5-7-12(8-6-11)15(13(16)17-2)14(18-15)9-3-4-10-14/h5-8H,3-4,9-10H2,1-2H3. The third kappa shape index (κ3) is 1.37. The third-order valence-electron chi connectivity index (χ3n) is 4.29. The van der Waals surface area contributed by atoms with Crippen LogP contribution in [0.4, 0.5) is 0 Å². The molecule has 1 aliphatic heterocycles. The van der Waals surface area contributed by atoms with E-state index in [9.17, 15) is 4.79 Å². The molecule has 0 radical (unpaired) electrons. The van der Waals surface area contributed by atoms with Crippen LogP contribution in [0.15, 0.2) is 24.3 Å². The van der Waals surface area contributed by atoms with Crippen molar-refractivity contribution in [2.24, 2.45) is 0 Å². The van der Waals surface area contributed by atoms with E-state index in [2.05, 4.69) is 0 Å². The summed E-state index contributed by atoms with van der Waals surface area (Å²) in [6, 6.07) is 8.01. The number of methoxy groups -OCH3 is 1. The molecule has 18 heavy (non-hydrogen) atoms. The Morgan fingerprint density at radius 1 is 1.22 bits per heavy atom. The molecule has 3 rings (SSSR count). The van der Waals surface area contributed by atoms with Gasteiger partial charge in [0.15, 0.2) is 0 Å². The summed E-state index contributed by atoms with van der Waals surface area (Å²) in [6.07, 6.45) is 4.17. The number of rotatable bonds is 2. The average Bonchev–Trinajstić information content (AvgIpc) is 2.78. The zero-order valence-corrected chi connectivity index (χ0v) is 10.9. The summed E-state index contributed by atoms with van der Waals surface area (Å²) in [5.41, 5.74) is 0.975. The van der Waals surface area contributed by atoms with Gasteiger partial charge in [-0.25, -0.2) is 4.79 Å². The van der Waals surface area contributed by atoms with E-state index in [1.807, 2.05) is 31.2 Å². The summed E-state index contributed by atoms with van der Waals surface area (Å²) >= 11 is 0. The second-order valence-electron chi connectivity index (χ2n) is 5.34. The van der Waals surface area contributed by atoms with Crippen molar-refractivity contribution < 1.29 is 14.3 Å². The maximum Gasteiger partial charge on any atom is 0.345 e. The Bertz CT molecular complexity index is 471. The number of epoxide rings is 1. The van der Waals surface area contributed by atoms with Crippen LogP contribution in [0.1, 0.15) is 36.8 Å². The van der Waals surface area contributed by atoms with Crippen molar-refractivity contribution in [3.05, 3.63) is 35.4 Å². The quantitative estimate of drug-likeness (QED) is 0.595. The SMILES string of the molecule is COC(=O)C1(c2ccc(C)cc2)OC12CCCC2. The van der Waals surface area contributed by atoms with E-state index in [-0.39, 0.29) is 11.6 Å². The van der Waals surface area contributed by atoms with Crippen molar-refractivity contribution in [3.8, 4) is 0 Å². The van der Waals surface area contributed by atoms with Crippen LogP contribution in [0.3, 0.4) is 0 Å². The largest absolute Gasteiger partial charge is 0.467 e. The van der Waals surface area contributed by atoms with Crippen LogP contribution in [0.5, 0.6) is 0 Å². The molecule has 1 saturated heterocycles. The molecule has 1 unspecified atom stereocenters. The van der Waals surface area contributed by atoms with Crippen molar-refractivity contribution >= 4 is 5.97 Å². The lowest BCUT2D eigenvalue weighted by atomic mass is 9.84. The van der Waals surface area contributed by atoms with Gasteiger partial charge < -0.3 is 9.47 Å². The molecular weight excluding hydrogens is 228 g/mol. The van der Waals surface area contributed by atoms with Gasteiger partial charge in [-0.1, -0.05) is 42.7 Å². The van der Waals surface area contributed by atoms with Crippen LogP contribution in [-0.2, 0) is 19.9 Å². The fourth-order valence-corrected chi connectivity index (χ4v) is 3.27. The van der Waals surface area contributed by atoms with Gasteiger partial charge in [-0.3, -0.25) is 0 Å². The number of hydrogen-bond donors (Lipinski definition) is 0. The second-order valence-corrected chi connectivity index (χ2v) is 5.34. The number of esters is 1. The molecule has 1 aromatic rings. The predicted octanol–water partition coefficient (Wildman–Crippen LogP) is 2.71. The van der Waals surface area contributed by atoms with Gasteiger partial charge >= 0.3 is 5.97 Å². The minimum absolute atomic E-state index is 0.256. The maximum absolute atomic E-state index is 12.2. The number of ether oxygens (including phenoxy) is 2. The predicted molar refractivity (Wildman–Crippen MR) is 67.2 cm³/mol. The summed E-state index contributed by atoms with van der Waals surface area (Å²) in [5.74, 6) is -0.256. The molecule has 2 fully saturated rings. The number of benzene rings is 1. The molecule has 0 N–H and O–H groups in total. The average molecular weight is 246 g/mol. The highest BCUT2D eigenvalue weighted by Gasteiger charge is 2.76. The molecule has 3 heteroatoms. The molecule has 1 saturated carbocycles. The van der Waals surface area contributed by atoms with Crippen molar-refractivity contribution in [3.63, 3.8) is 0 Å². The molecule has 0 amide bonds. The van der Waals surface area contributed by atoms with E-state index in [0.29, 0.717) is 0 Å². The molecule has 1 heterocycles. The molecule has 2 aliphatic rings. The van der Waals surface area contributed by atoms with Crippen LogP contribution in [0, 0.1) is 6.92 Å². The molecule has 1 aromatic carbocycles. The summed E-state index contributed by atoms with van der Waals surface area (Å²) in [6.45, 7) is 2.04. The molecular formula is C15H18O3. The molecule has 1 aliphatic carbocycles. The zero-order valence-electron chi connectivity index (χ0n) is 10.9. The molecule has 1 spiro atoms. The van der Waals surface area contributed by atoms with Gasteiger partial charge in [0.2, 0.25) is 5.60 Å². The fourth-order valence-electron chi connectivity index (χ4n) is 3.27. The smallest absolute Gasteiger partial charge is 0.345 e. The minimum Gasteiger partial charge on any atom is -0.467 e. The Balaban J connectivity index is 2.02. The number of carbonyl (C=O) groups excluding carboxylic acids is 1. The lowest BCUT2D eigenvalue weighted by Gasteiger charge is -2.15. The van der Waals surface area contributed by atoms with Gasteiger partial charge in [0.1, 0.15) is 5.60 Å². The van der Waals surface area contributed by atoms with Crippen LogP contribution in [0.2, 0.25) is 0 Å². The summed E-state index contributed by atoms with van der Waals surface area (Å²) in [5, 5.41) is 0. The van der Waals surface area contributed by atoms with Crippen molar-refractivity contribution in [1.29, 1.82) is 0 Å². The lowest BCUT2D eigenvalue weighted by molar-refractivity contribution is -0.147. The minimum atomic E-state index is -0.841. The molecule has 0 bridgehead atoms. The second kappa shape index (κ2) is 3.82. The fraction of sp³-hybridized carbons (Fsp3) is 0.533. The normalized spacial score (nSPS) is 28.3. The van der Waals surface area contributed by atoms with Crippen LogP contribution >= 0.6 is 0 Å². The summed E-state index contributed by atoms with van der Waals surface area (Å²) in [4.78, 5) is 12.2. The first-order valence-corrected chi connectivity index (χ1v) is 6.50. The number of aryl methyl sites for hydroxylation is 1. The van der Waals surface area contributed by atoms with E-state index < -0.39 is 5.60 Å². The number of carbonyl (C=O) groups is 1. The Morgan fingerprint density at radius 2 is 1.83 bits per heavy atom. The highest BCUT2D eigenvalue weighted by Crippen LogP contribution is 2.64. The van der Waals surface area contributed by atoms with E-state index in [1.165, 1.54) is 12.7 Å². The Labute approximate surface area is 107 Å². The third-order valence-corrected chi connectivity index (χ3v) is 4.29. The van der Waals surface area contributed by atoms with Crippen molar-refractivity contribution in [2.75, 3.05) is 7.11 Å². The Morgan fingerprint density at radius 3 is 2.39 bits per heavy atom. The van der Waals surface area contributed by atoms with Gasteiger partial charge in [0.05, 0.1) is 7.11 Å². The topological polar surface area (TPSA) is 38.8 Å². The van der Waals surface area contributed by atoms with Crippen LogP contribution < -0.4 is 0 Å². The van der Waals surface area contributed by atoms with Gasteiger partial charge in [-0.05, 0) is 25.3 Å². The summed E-state index contributed by atoms with van der Waals surface area (Å²) in [7, 11) is 1.43. The van der Waals surface area contributed by atoms with E-state index in [0.717, 1.165) is 31.2 Å². The lowest BCUT2D eigenvalue weighted by Crippen LogP contribution is -2.31. The van der Waals surface area contributed by atoms with E-state index >= 15 is 0 Å².